The topological polar surface area (TPSA) is 65.0 Å². The zero-order valence-electron chi connectivity index (χ0n) is 13.6. The zero-order chi connectivity index (χ0) is 16.7. The number of nitrogens with one attached hydrogen (secondary N) is 1. The molecule has 6 heteroatoms. The Balaban J connectivity index is 1.59. The summed E-state index contributed by atoms with van der Waals surface area (Å²) in [6.07, 6.45) is 1.62. The van der Waals surface area contributed by atoms with Crippen LogP contribution < -0.4 is 5.32 Å². The fourth-order valence-electron chi connectivity index (χ4n) is 3.13. The Morgan fingerprint density at radius 2 is 2.08 bits per heavy atom. The van der Waals surface area contributed by atoms with E-state index in [9.17, 15) is 4.79 Å². The van der Waals surface area contributed by atoms with Gasteiger partial charge in [0.15, 0.2) is 5.58 Å². The molecule has 0 fully saturated rings. The maximum atomic E-state index is 12.5. The van der Waals surface area contributed by atoms with E-state index in [1.165, 1.54) is 0 Å². The van der Waals surface area contributed by atoms with E-state index in [2.05, 4.69) is 21.8 Å². The van der Waals surface area contributed by atoms with Crippen LogP contribution in [-0.4, -0.2) is 20.0 Å². The number of furan rings is 1. The van der Waals surface area contributed by atoms with E-state index in [-0.39, 0.29) is 5.91 Å². The van der Waals surface area contributed by atoms with Gasteiger partial charge in [-0.05, 0) is 19.1 Å². The summed E-state index contributed by atoms with van der Waals surface area (Å²) in [5.74, 6) is 0.712. The van der Waals surface area contributed by atoms with Crippen LogP contribution in [0.3, 0.4) is 0 Å². The molecular formula is C18H18N4O2. The Hall–Kier alpha value is -3.02. The van der Waals surface area contributed by atoms with E-state index in [1.54, 1.807) is 12.3 Å². The first-order valence-electron chi connectivity index (χ1n) is 7.94. The van der Waals surface area contributed by atoms with Crippen molar-refractivity contribution in [1.82, 2.24) is 19.4 Å². The lowest BCUT2D eigenvalue weighted by Gasteiger charge is -2.08. The molecule has 0 aliphatic rings. The summed E-state index contributed by atoms with van der Waals surface area (Å²) in [6, 6.07) is 11.6. The molecule has 0 saturated carbocycles. The van der Waals surface area contributed by atoms with Gasteiger partial charge in [0.2, 0.25) is 0 Å². The Kier molecular flexibility index (Phi) is 3.37. The van der Waals surface area contributed by atoms with E-state index in [4.69, 9.17) is 4.42 Å². The molecule has 1 aromatic carbocycles. The molecule has 0 aliphatic carbocycles. The standard InChI is InChI=1S/C18H18N4O2/c1-3-22-13-7-5-4-6-12(13)20-17(22)11-19-18(23)15-10-16-14(21(15)2)8-9-24-16/h4-10H,3,11H2,1-2H3,(H,19,23). The third kappa shape index (κ3) is 2.19. The molecule has 3 heterocycles. The first-order valence-corrected chi connectivity index (χ1v) is 7.94. The van der Waals surface area contributed by atoms with Gasteiger partial charge in [0.1, 0.15) is 11.5 Å². The Bertz CT molecular complexity index is 1040. The summed E-state index contributed by atoms with van der Waals surface area (Å²) in [5, 5.41) is 2.96. The van der Waals surface area contributed by atoms with E-state index >= 15 is 0 Å². The minimum absolute atomic E-state index is 0.140. The number of hydrogen-bond acceptors (Lipinski definition) is 3. The molecule has 0 bridgehead atoms. The van der Waals surface area contributed by atoms with Crippen molar-refractivity contribution in [2.75, 3.05) is 0 Å². The van der Waals surface area contributed by atoms with Gasteiger partial charge >= 0.3 is 0 Å². The molecule has 0 aliphatic heterocycles. The summed E-state index contributed by atoms with van der Waals surface area (Å²) in [5.41, 5.74) is 4.22. The summed E-state index contributed by atoms with van der Waals surface area (Å²) in [4.78, 5) is 17.1. The van der Waals surface area contributed by atoms with Crippen molar-refractivity contribution in [3.05, 3.63) is 54.2 Å². The first kappa shape index (κ1) is 14.6. The van der Waals surface area contributed by atoms with Gasteiger partial charge in [-0.3, -0.25) is 4.79 Å². The molecule has 24 heavy (non-hydrogen) atoms. The number of carbonyl (C=O) groups excluding carboxylic acids is 1. The van der Waals surface area contributed by atoms with Crippen molar-refractivity contribution in [3.8, 4) is 0 Å². The highest BCUT2D eigenvalue weighted by atomic mass is 16.3. The van der Waals surface area contributed by atoms with Crippen LogP contribution >= 0.6 is 0 Å². The van der Waals surface area contributed by atoms with E-state index in [1.807, 2.05) is 41.9 Å². The van der Waals surface area contributed by atoms with E-state index in [0.717, 1.165) is 28.9 Å². The highest BCUT2D eigenvalue weighted by Crippen LogP contribution is 2.20. The predicted octanol–water partition coefficient (Wildman–Crippen LogP) is 3.07. The van der Waals surface area contributed by atoms with E-state index in [0.29, 0.717) is 17.8 Å². The van der Waals surface area contributed by atoms with Crippen molar-refractivity contribution in [2.24, 2.45) is 7.05 Å². The Labute approximate surface area is 138 Å². The number of nitrogens with zero attached hydrogens (tertiary/aromatic N) is 3. The molecule has 0 unspecified atom stereocenters. The van der Waals surface area contributed by atoms with Crippen LogP contribution in [0.15, 0.2) is 47.1 Å². The van der Waals surface area contributed by atoms with Gasteiger partial charge in [-0.2, -0.15) is 0 Å². The van der Waals surface area contributed by atoms with Crippen molar-refractivity contribution >= 4 is 28.0 Å². The minimum atomic E-state index is -0.140. The van der Waals surface area contributed by atoms with Gasteiger partial charge in [0.25, 0.3) is 5.91 Å². The van der Waals surface area contributed by atoms with Crippen LogP contribution in [0.1, 0.15) is 23.2 Å². The summed E-state index contributed by atoms with van der Waals surface area (Å²) < 4.78 is 9.30. The molecule has 0 radical (unpaired) electrons. The van der Waals surface area contributed by atoms with Gasteiger partial charge in [-0.15, -0.1) is 0 Å². The third-order valence-corrected chi connectivity index (χ3v) is 4.35. The third-order valence-electron chi connectivity index (χ3n) is 4.35. The molecule has 4 aromatic rings. The molecule has 3 aromatic heterocycles. The van der Waals surface area contributed by atoms with Gasteiger partial charge in [-0.25, -0.2) is 4.98 Å². The number of hydrogen-bond donors (Lipinski definition) is 1. The van der Waals surface area contributed by atoms with Crippen LogP contribution in [0.2, 0.25) is 0 Å². The summed E-state index contributed by atoms with van der Waals surface area (Å²) >= 11 is 0. The molecule has 1 N–H and O–H groups in total. The van der Waals surface area contributed by atoms with Gasteiger partial charge in [0, 0.05) is 25.7 Å². The van der Waals surface area contributed by atoms with Crippen molar-refractivity contribution in [3.63, 3.8) is 0 Å². The van der Waals surface area contributed by atoms with Crippen molar-refractivity contribution < 1.29 is 9.21 Å². The quantitative estimate of drug-likeness (QED) is 0.628. The number of aryl methyl sites for hydroxylation is 2. The maximum absolute atomic E-state index is 12.5. The molecule has 6 nitrogen and oxygen atoms in total. The molecule has 0 saturated heterocycles. The van der Waals surface area contributed by atoms with Crippen molar-refractivity contribution in [2.45, 2.75) is 20.0 Å². The average Bonchev–Trinajstić information content (AvgIpc) is 3.26. The smallest absolute Gasteiger partial charge is 0.268 e. The van der Waals surface area contributed by atoms with Crippen LogP contribution in [0.25, 0.3) is 22.1 Å². The normalized spacial score (nSPS) is 11.4. The monoisotopic (exact) mass is 322 g/mol. The van der Waals surface area contributed by atoms with Crippen LogP contribution in [0.5, 0.6) is 0 Å². The predicted molar refractivity (Wildman–Crippen MR) is 91.8 cm³/mol. The molecule has 0 spiro atoms. The second-order valence-corrected chi connectivity index (χ2v) is 5.70. The highest BCUT2D eigenvalue weighted by molar-refractivity contribution is 5.97. The second kappa shape index (κ2) is 5.56. The molecule has 1 amide bonds. The van der Waals surface area contributed by atoms with E-state index < -0.39 is 0 Å². The lowest BCUT2D eigenvalue weighted by molar-refractivity contribution is 0.0941. The fourth-order valence-corrected chi connectivity index (χ4v) is 3.13. The van der Waals surface area contributed by atoms with Crippen LogP contribution in [-0.2, 0) is 20.1 Å². The van der Waals surface area contributed by atoms with Crippen LogP contribution in [0, 0.1) is 0 Å². The van der Waals surface area contributed by atoms with Gasteiger partial charge < -0.3 is 18.9 Å². The number of carbonyl (C=O) groups is 1. The summed E-state index contributed by atoms with van der Waals surface area (Å²) in [7, 11) is 1.86. The van der Waals surface area contributed by atoms with Gasteiger partial charge in [0.05, 0.1) is 29.4 Å². The number of para-hydroxylation sites is 2. The molecular weight excluding hydrogens is 304 g/mol. The molecule has 122 valence electrons. The maximum Gasteiger partial charge on any atom is 0.268 e. The lowest BCUT2D eigenvalue weighted by atomic mass is 10.3. The molecule has 4 rings (SSSR count). The Morgan fingerprint density at radius 1 is 1.25 bits per heavy atom. The number of benzene rings is 1. The zero-order valence-corrected chi connectivity index (χ0v) is 13.6. The highest BCUT2D eigenvalue weighted by Gasteiger charge is 2.16. The largest absolute Gasteiger partial charge is 0.463 e. The number of rotatable bonds is 4. The SMILES string of the molecule is CCn1c(CNC(=O)c2cc3occc3n2C)nc2ccccc21. The minimum Gasteiger partial charge on any atom is -0.463 e. The fraction of sp³-hybridized carbons (Fsp3) is 0.222. The Morgan fingerprint density at radius 3 is 2.88 bits per heavy atom. The first-order chi connectivity index (χ1) is 11.7. The summed E-state index contributed by atoms with van der Waals surface area (Å²) in [6.45, 7) is 3.27. The number of amides is 1. The second-order valence-electron chi connectivity index (χ2n) is 5.70. The number of imidazole rings is 1. The number of aromatic nitrogens is 3. The lowest BCUT2D eigenvalue weighted by Crippen LogP contribution is -2.26. The average molecular weight is 322 g/mol. The molecule has 0 atom stereocenters. The van der Waals surface area contributed by atoms with Crippen LogP contribution in [0.4, 0.5) is 0 Å². The number of fused-ring (bicyclic) bond motifs is 2. The van der Waals surface area contributed by atoms with Gasteiger partial charge in [-0.1, -0.05) is 12.1 Å². The van der Waals surface area contributed by atoms with Crippen molar-refractivity contribution in [1.29, 1.82) is 0 Å².